The molecule has 1 aromatic carbocycles. The van der Waals surface area contributed by atoms with E-state index in [0.717, 1.165) is 35.8 Å². The lowest BCUT2D eigenvalue weighted by Crippen LogP contribution is -2.54. The number of methoxy groups -OCH3 is 2. The van der Waals surface area contributed by atoms with Crippen LogP contribution in [-0.4, -0.2) is 20.3 Å². The molecule has 0 spiro atoms. The number of rotatable bonds is 6. The molecule has 3 nitrogen and oxygen atoms in total. The van der Waals surface area contributed by atoms with Crippen LogP contribution in [0.15, 0.2) is 18.2 Å². The Morgan fingerprint density at radius 2 is 1.67 bits per heavy atom. The minimum Gasteiger partial charge on any atom is -0.497 e. The lowest BCUT2D eigenvalue weighted by molar-refractivity contribution is -0.0706. The second-order valence-corrected chi connectivity index (χ2v) is 8.56. The third-order valence-electron chi connectivity index (χ3n) is 7.10. The SMILES string of the molecule is COc1ccc(CN[C@H](C)C23CC4CC(CC(C4)C2)C3)c(OC)c1. The lowest BCUT2D eigenvalue weighted by Gasteiger charge is -2.59. The Labute approximate surface area is 146 Å². The van der Waals surface area contributed by atoms with Crippen molar-refractivity contribution in [3.8, 4) is 11.5 Å². The van der Waals surface area contributed by atoms with Crippen molar-refractivity contribution < 1.29 is 9.47 Å². The van der Waals surface area contributed by atoms with Gasteiger partial charge in [-0.1, -0.05) is 6.07 Å². The van der Waals surface area contributed by atoms with Crippen molar-refractivity contribution in [3.63, 3.8) is 0 Å². The topological polar surface area (TPSA) is 30.5 Å². The fourth-order valence-corrected chi connectivity index (χ4v) is 6.19. The predicted molar refractivity (Wildman–Crippen MR) is 96.5 cm³/mol. The first kappa shape index (κ1) is 16.3. The summed E-state index contributed by atoms with van der Waals surface area (Å²) in [7, 11) is 3.43. The predicted octanol–water partition coefficient (Wildman–Crippen LogP) is 4.40. The molecule has 0 aromatic heterocycles. The molecule has 0 radical (unpaired) electrons. The van der Waals surface area contributed by atoms with Crippen molar-refractivity contribution in [1.29, 1.82) is 0 Å². The van der Waals surface area contributed by atoms with Crippen LogP contribution in [0.1, 0.15) is 51.0 Å². The Hall–Kier alpha value is -1.22. The normalized spacial score (nSPS) is 35.0. The van der Waals surface area contributed by atoms with Crippen LogP contribution < -0.4 is 14.8 Å². The van der Waals surface area contributed by atoms with Gasteiger partial charge in [0.25, 0.3) is 0 Å². The second kappa shape index (κ2) is 6.25. The van der Waals surface area contributed by atoms with Crippen molar-refractivity contribution in [3.05, 3.63) is 23.8 Å². The summed E-state index contributed by atoms with van der Waals surface area (Å²) < 4.78 is 10.9. The first-order valence-corrected chi connectivity index (χ1v) is 9.56. The van der Waals surface area contributed by atoms with Crippen LogP contribution in [0.4, 0.5) is 0 Å². The summed E-state index contributed by atoms with van der Waals surface area (Å²) in [4.78, 5) is 0. The molecule has 132 valence electrons. The van der Waals surface area contributed by atoms with E-state index in [9.17, 15) is 0 Å². The Morgan fingerprint density at radius 3 is 2.21 bits per heavy atom. The molecular weight excluding hydrogens is 298 g/mol. The fraction of sp³-hybridized carbons (Fsp3) is 0.714. The molecule has 0 heterocycles. The molecular formula is C21H31NO2. The standard InChI is InChI=1S/C21H31NO2/c1-14(21-10-15-6-16(11-21)8-17(7-15)12-21)22-13-18-4-5-19(23-2)9-20(18)24-3/h4-5,9,14-17,22H,6-8,10-13H2,1-3H3/t14-,15?,16?,17?,21?/m1/s1. The smallest absolute Gasteiger partial charge is 0.127 e. The highest BCUT2D eigenvalue weighted by molar-refractivity contribution is 5.40. The van der Waals surface area contributed by atoms with Crippen LogP contribution in [0, 0.1) is 23.2 Å². The van der Waals surface area contributed by atoms with E-state index in [1.54, 1.807) is 14.2 Å². The first-order chi connectivity index (χ1) is 11.6. The highest BCUT2D eigenvalue weighted by atomic mass is 16.5. The van der Waals surface area contributed by atoms with E-state index in [4.69, 9.17) is 9.47 Å². The van der Waals surface area contributed by atoms with Gasteiger partial charge in [-0.15, -0.1) is 0 Å². The quantitative estimate of drug-likeness (QED) is 0.839. The van der Waals surface area contributed by atoms with E-state index >= 15 is 0 Å². The highest BCUT2D eigenvalue weighted by Gasteiger charge is 2.52. The van der Waals surface area contributed by atoms with Gasteiger partial charge in [-0.05, 0) is 74.7 Å². The number of benzene rings is 1. The van der Waals surface area contributed by atoms with E-state index in [-0.39, 0.29) is 0 Å². The average Bonchev–Trinajstić information content (AvgIpc) is 2.58. The summed E-state index contributed by atoms with van der Waals surface area (Å²) in [6.07, 6.45) is 8.89. The zero-order valence-electron chi connectivity index (χ0n) is 15.3. The lowest BCUT2D eigenvalue weighted by atomic mass is 9.48. The Bertz CT molecular complexity index is 562. The molecule has 24 heavy (non-hydrogen) atoms. The zero-order valence-corrected chi connectivity index (χ0v) is 15.3. The maximum absolute atomic E-state index is 5.55. The number of ether oxygens (including phenoxy) is 2. The zero-order chi connectivity index (χ0) is 16.7. The summed E-state index contributed by atoms with van der Waals surface area (Å²) in [6.45, 7) is 3.29. The summed E-state index contributed by atoms with van der Waals surface area (Å²) in [5.41, 5.74) is 1.77. The van der Waals surface area contributed by atoms with Gasteiger partial charge in [0, 0.05) is 24.2 Å². The summed E-state index contributed by atoms with van der Waals surface area (Å²) in [5, 5.41) is 3.85. The molecule has 4 bridgehead atoms. The molecule has 1 atom stereocenters. The van der Waals surface area contributed by atoms with E-state index in [1.807, 2.05) is 12.1 Å². The molecule has 4 saturated carbocycles. The van der Waals surface area contributed by atoms with Crippen LogP contribution in [0.2, 0.25) is 0 Å². The van der Waals surface area contributed by atoms with Gasteiger partial charge in [-0.3, -0.25) is 0 Å². The fourth-order valence-electron chi connectivity index (χ4n) is 6.19. The molecule has 3 heteroatoms. The van der Waals surface area contributed by atoms with Gasteiger partial charge in [-0.2, -0.15) is 0 Å². The maximum atomic E-state index is 5.55. The van der Waals surface area contributed by atoms with Crippen LogP contribution >= 0.6 is 0 Å². The summed E-state index contributed by atoms with van der Waals surface area (Å²) in [5.74, 6) is 4.80. The van der Waals surface area contributed by atoms with Gasteiger partial charge in [0.2, 0.25) is 0 Å². The summed E-state index contributed by atoms with van der Waals surface area (Å²) in [6, 6.07) is 6.70. The number of nitrogens with one attached hydrogen (secondary N) is 1. The van der Waals surface area contributed by atoms with E-state index in [1.165, 1.54) is 44.1 Å². The monoisotopic (exact) mass is 329 g/mol. The first-order valence-electron chi connectivity index (χ1n) is 9.56. The van der Waals surface area contributed by atoms with Gasteiger partial charge in [0.05, 0.1) is 14.2 Å². The highest BCUT2D eigenvalue weighted by Crippen LogP contribution is 2.61. The molecule has 4 fully saturated rings. The van der Waals surface area contributed by atoms with Crippen molar-refractivity contribution in [2.45, 2.75) is 58.0 Å². The van der Waals surface area contributed by atoms with Crippen molar-refractivity contribution in [2.24, 2.45) is 23.2 Å². The molecule has 0 saturated heterocycles. The van der Waals surface area contributed by atoms with E-state index in [2.05, 4.69) is 18.3 Å². The van der Waals surface area contributed by atoms with Crippen LogP contribution in [0.3, 0.4) is 0 Å². The Morgan fingerprint density at radius 1 is 1.04 bits per heavy atom. The van der Waals surface area contributed by atoms with E-state index < -0.39 is 0 Å². The Kier molecular flexibility index (Phi) is 4.24. The Balaban J connectivity index is 1.44. The maximum Gasteiger partial charge on any atom is 0.127 e. The molecule has 4 aliphatic rings. The minimum absolute atomic E-state index is 0.550. The third kappa shape index (κ3) is 2.81. The van der Waals surface area contributed by atoms with Gasteiger partial charge >= 0.3 is 0 Å². The minimum atomic E-state index is 0.550. The largest absolute Gasteiger partial charge is 0.497 e. The van der Waals surface area contributed by atoms with Gasteiger partial charge in [-0.25, -0.2) is 0 Å². The molecule has 5 rings (SSSR count). The van der Waals surface area contributed by atoms with Gasteiger partial charge < -0.3 is 14.8 Å². The van der Waals surface area contributed by atoms with Gasteiger partial charge in [0.1, 0.15) is 11.5 Å². The van der Waals surface area contributed by atoms with Crippen LogP contribution in [0.5, 0.6) is 11.5 Å². The summed E-state index contributed by atoms with van der Waals surface area (Å²) >= 11 is 0. The molecule has 0 unspecified atom stereocenters. The third-order valence-corrected chi connectivity index (χ3v) is 7.10. The van der Waals surface area contributed by atoms with E-state index in [0.29, 0.717) is 11.5 Å². The molecule has 4 aliphatic carbocycles. The second-order valence-electron chi connectivity index (χ2n) is 8.56. The number of hydrogen-bond acceptors (Lipinski definition) is 3. The van der Waals surface area contributed by atoms with Crippen molar-refractivity contribution in [1.82, 2.24) is 5.32 Å². The molecule has 1 N–H and O–H groups in total. The van der Waals surface area contributed by atoms with Gasteiger partial charge in [0.15, 0.2) is 0 Å². The van der Waals surface area contributed by atoms with Crippen LogP contribution in [0.25, 0.3) is 0 Å². The molecule has 0 aliphatic heterocycles. The van der Waals surface area contributed by atoms with Crippen LogP contribution in [-0.2, 0) is 6.54 Å². The van der Waals surface area contributed by atoms with Crippen molar-refractivity contribution in [2.75, 3.05) is 14.2 Å². The number of hydrogen-bond donors (Lipinski definition) is 1. The molecule has 1 aromatic rings. The molecule has 0 amide bonds. The van der Waals surface area contributed by atoms with Crippen molar-refractivity contribution >= 4 is 0 Å². The average molecular weight is 329 g/mol.